The van der Waals surface area contributed by atoms with E-state index in [1.165, 1.54) is 0 Å². The highest BCUT2D eigenvalue weighted by molar-refractivity contribution is 7.62. The van der Waals surface area contributed by atoms with Gasteiger partial charge < -0.3 is 0 Å². The fraction of sp³-hybridized carbons (Fsp3) is 1.00. The van der Waals surface area contributed by atoms with E-state index >= 15 is 0 Å². The van der Waals surface area contributed by atoms with E-state index in [2.05, 4.69) is 0 Å². The highest BCUT2D eigenvalue weighted by Gasteiger charge is 2.46. The van der Waals surface area contributed by atoms with Crippen molar-refractivity contribution in [3.05, 3.63) is 0 Å². The average Bonchev–Trinajstić information content (AvgIpc) is 2.81. The third kappa shape index (κ3) is 8.70. The molecule has 0 saturated heterocycles. The topological polar surface area (TPSA) is 80.3 Å². The van der Waals surface area contributed by atoms with E-state index in [1.54, 1.807) is 0 Å². The van der Waals surface area contributed by atoms with Gasteiger partial charge in [0.1, 0.15) is 0 Å². The Bertz CT molecular complexity index is 560. The smallest absolute Gasteiger partial charge is 0.283 e. The van der Waals surface area contributed by atoms with E-state index in [9.17, 15) is 9.13 Å². The van der Waals surface area contributed by atoms with Crippen molar-refractivity contribution in [2.45, 2.75) is 153 Å². The monoisotopic (exact) mass is 506 g/mol. The third-order valence-corrected chi connectivity index (χ3v) is 11.3. The zero-order chi connectivity index (χ0) is 23.0. The van der Waals surface area contributed by atoms with Crippen LogP contribution >= 0.6 is 15.6 Å². The van der Waals surface area contributed by atoms with Gasteiger partial charge in [-0.05, 0) is 51.4 Å². The molecule has 9 heteroatoms. The first-order valence-corrected chi connectivity index (χ1v) is 16.6. The van der Waals surface area contributed by atoms with Crippen LogP contribution in [0.3, 0.4) is 0 Å². The van der Waals surface area contributed by atoms with Crippen molar-refractivity contribution in [1.29, 1.82) is 0 Å². The van der Waals surface area contributed by atoms with Gasteiger partial charge in [0.15, 0.2) is 0 Å². The predicted molar refractivity (Wildman–Crippen MR) is 128 cm³/mol. The first-order valence-electron chi connectivity index (χ1n) is 13.7. The summed E-state index contributed by atoms with van der Waals surface area (Å²) in [5, 5.41) is 0. The number of phosphoric ester groups is 2. The molecule has 0 atom stereocenters. The molecule has 0 aliphatic heterocycles. The molecule has 0 N–H and O–H groups in total. The second-order valence-electron chi connectivity index (χ2n) is 10.4. The maximum atomic E-state index is 14.0. The van der Waals surface area contributed by atoms with E-state index in [0.29, 0.717) is 0 Å². The van der Waals surface area contributed by atoms with Gasteiger partial charge in [-0.1, -0.05) is 77.0 Å². The molecule has 0 spiro atoms. The second kappa shape index (κ2) is 13.0. The Morgan fingerprint density at radius 2 is 0.576 bits per heavy atom. The fourth-order valence-electron chi connectivity index (χ4n) is 5.66. The molecule has 4 aliphatic carbocycles. The summed E-state index contributed by atoms with van der Waals surface area (Å²) in [7, 11) is -8.25. The molecule has 0 amide bonds. The van der Waals surface area contributed by atoms with Gasteiger partial charge in [0.25, 0.3) is 0 Å². The Balaban J connectivity index is 1.51. The second-order valence-corrected chi connectivity index (χ2v) is 13.7. The molecular formula is C24H44O7P2. The van der Waals surface area contributed by atoms with E-state index in [1.807, 2.05) is 0 Å². The quantitative estimate of drug-likeness (QED) is 0.274. The molecule has 4 fully saturated rings. The fourth-order valence-corrected chi connectivity index (χ4v) is 9.66. The Morgan fingerprint density at radius 1 is 0.364 bits per heavy atom. The van der Waals surface area contributed by atoms with Gasteiger partial charge in [-0.25, -0.2) is 9.13 Å². The lowest BCUT2D eigenvalue weighted by Gasteiger charge is -2.34. The molecule has 0 unspecified atom stereocenters. The zero-order valence-electron chi connectivity index (χ0n) is 20.2. The van der Waals surface area contributed by atoms with Crippen LogP contribution in [0.5, 0.6) is 0 Å². The molecule has 33 heavy (non-hydrogen) atoms. The standard InChI is InChI=1S/C24H44O7P2/c25-32(27-21-13-5-1-6-14-21,28-22-15-7-2-8-16-22)31-33(26,29-23-17-9-3-10-18-23)30-24-19-11-4-12-20-24/h21-24H,1-20H2. The summed E-state index contributed by atoms with van der Waals surface area (Å²) in [6, 6.07) is 0. The maximum absolute atomic E-state index is 14.0. The van der Waals surface area contributed by atoms with Crippen LogP contribution in [0.15, 0.2) is 0 Å². The van der Waals surface area contributed by atoms with Crippen LogP contribution in [-0.2, 0) is 31.5 Å². The molecule has 4 saturated carbocycles. The summed E-state index contributed by atoms with van der Waals surface area (Å²) in [4.78, 5) is 0. The highest BCUT2D eigenvalue weighted by Crippen LogP contribution is 2.69. The SMILES string of the molecule is O=P(OC1CCCCC1)(OC1CCCCC1)OP(=O)(OC1CCCCC1)OC1CCCCC1. The molecule has 0 radical (unpaired) electrons. The van der Waals surface area contributed by atoms with Crippen LogP contribution in [-0.4, -0.2) is 24.4 Å². The van der Waals surface area contributed by atoms with Crippen LogP contribution in [0, 0.1) is 0 Å². The molecule has 192 valence electrons. The average molecular weight is 507 g/mol. The molecule has 7 nitrogen and oxygen atoms in total. The van der Waals surface area contributed by atoms with E-state index in [4.69, 9.17) is 22.4 Å². The van der Waals surface area contributed by atoms with Crippen molar-refractivity contribution >= 4 is 15.6 Å². The van der Waals surface area contributed by atoms with Crippen molar-refractivity contribution < 1.29 is 31.5 Å². The van der Waals surface area contributed by atoms with Crippen molar-refractivity contribution in [1.82, 2.24) is 0 Å². The van der Waals surface area contributed by atoms with E-state index in [0.717, 1.165) is 128 Å². The minimum atomic E-state index is -4.13. The number of hydrogen-bond acceptors (Lipinski definition) is 7. The molecule has 0 aromatic rings. The normalized spacial score (nSPS) is 25.9. The van der Waals surface area contributed by atoms with Crippen LogP contribution in [0.25, 0.3) is 0 Å². The first-order chi connectivity index (χ1) is 16.0. The lowest BCUT2D eigenvalue weighted by Crippen LogP contribution is -2.24. The minimum absolute atomic E-state index is 0.203. The Hall–Kier alpha value is 0.260. The number of phosphoric acid groups is 2. The Morgan fingerprint density at radius 3 is 0.788 bits per heavy atom. The van der Waals surface area contributed by atoms with Gasteiger partial charge in [-0.2, -0.15) is 4.31 Å². The lowest BCUT2D eigenvalue weighted by atomic mass is 9.98. The van der Waals surface area contributed by atoms with Gasteiger partial charge in [-0.3, -0.25) is 18.1 Å². The Kier molecular flexibility index (Phi) is 10.4. The van der Waals surface area contributed by atoms with Gasteiger partial charge in [0.05, 0.1) is 24.4 Å². The van der Waals surface area contributed by atoms with Crippen LogP contribution in [0.2, 0.25) is 0 Å². The molecule has 0 heterocycles. The maximum Gasteiger partial charge on any atom is 0.484 e. The third-order valence-electron chi connectivity index (χ3n) is 7.52. The van der Waals surface area contributed by atoms with Gasteiger partial charge in [0.2, 0.25) is 0 Å². The van der Waals surface area contributed by atoms with Crippen LogP contribution in [0.4, 0.5) is 0 Å². The largest absolute Gasteiger partial charge is 0.484 e. The Labute approximate surface area is 200 Å². The zero-order valence-corrected chi connectivity index (χ0v) is 22.0. The molecule has 4 aliphatic rings. The number of hydrogen-bond donors (Lipinski definition) is 0. The summed E-state index contributed by atoms with van der Waals surface area (Å²) in [6.07, 6.45) is 18.6. The van der Waals surface area contributed by atoms with E-state index < -0.39 is 15.6 Å². The highest BCUT2D eigenvalue weighted by atomic mass is 31.3. The van der Waals surface area contributed by atoms with E-state index in [-0.39, 0.29) is 24.4 Å². The van der Waals surface area contributed by atoms with Crippen molar-refractivity contribution in [3.8, 4) is 0 Å². The minimum Gasteiger partial charge on any atom is -0.283 e. The van der Waals surface area contributed by atoms with Crippen LogP contribution in [0.1, 0.15) is 128 Å². The van der Waals surface area contributed by atoms with Crippen molar-refractivity contribution in [3.63, 3.8) is 0 Å². The lowest BCUT2D eigenvalue weighted by molar-refractivity contribution is 0.0187. The summed E-state index contributed by atoms with van der Waals surface area (Å²) < 4.78 is 58.1. The molecule has 0 aromatic carbocycles. The van der Waals surface area contributed by atoms with Crippen molar-refractivity contribution in [2.24, 2.45) is 0 Å². The predicted octanol–water partition coefficient (Wildman–Crippen LogP) is 8.62. The van der Waals surface area contributed by atoms with Crippen LogP contribution < -0.4 is 0 Å². The number of rotatable bonds is 10. The molecular weight excluding hydrogens is 462 g/mol. The molecule has 0 aromatic heterocycles. The summed E-state index contributed by atoms with van der Waals surface area (Å²) >= 11 is 0. The summed E-state index contributed by atoms with van der Waals surface area (Å²) in [5.41, 5.74) is 0. The van der Waals surface area contributed by atoms with Gasteiger partial charge in [-0.15, -0.1) is 0 Å². The molecule has 4 rings (SSSR count). The first kappa shape index (κ1) is 26.3. The summed E-state index contributed by atoms with van der Waals surface area (Å²) in [5.74, 6) is 0. The molecule has 0 bridgehead atoms. The van der Waals surface area contributed by atoms with Crippen molar-refractivity contribution in [2.75, 3.05) is 0 Å². The summed E-state index contributed by atoms with van der Waals surface area (Å²) in [6.45, 7) is 0. The van der Waals surface area contributed by atoms with Gasteiger partial charge >= 0.3 is 15.6 Å². The van der Waals surface area contributed by atoms with Gasteiger partial charge in [0, 0.05) is 0 Å².